The fourth-order valence-corrected chi connectivity index (χ4v) is 2.79. The molecular formula is C17H16BrN3O2. The second kappa shape index (κ2) is 6.83. The first-order chi connectivity index (χ1) is 11.1. The van der Waals surface area contributed by atoms with Crippen LogP contribution in [0.15, 0.2) is 53.3 Å². The molecule has 0 aliphatic heterocycles. The Morgan fingerprint density at radius 2 is 2.22 bits per heavy atom. The lowest BCUT2D eigenvalue weighted by Gasteiger charge is -2.08. The standard InChI is InChI=1S/C17H16BrN3O2/c1-12-5-6-15(14(18)8-12)23-11-17(22)19-9-13-10-21-7-3-2-4-16(21)20-13/h2-8,10H,9,11H2,1H3,(H,19,22). The molecule has 5 nitrogen and oxygen atoms in total. The van der Waals surface area contributed by atoms with Crippen LogP contribution in [0.4, 0.5) is 0 Å². The Labute approximate surface area is 142 Å². The van der Waals surface area contributed by atoms with Gasteiger partial charge in [0.2, 0.25) is 0 Å². The van der Waals surface area contributed by atoms with Gasteiger partial charge in [-0.25, -0.2) is 4.98 Å². The normalized spacial score (nSPS) is 10.7. The molecular weight excluding hydrogens is 358 g/mol. The van der Waals surface area contributed by atoms with E-state index >= 15 is 0 Å². The number of carbonyl (C=O) groups excluding carboxylic acids is 1. The van der Waals surface area contributed by atoms with Crippen LogP contribution in [-0.4, -0.2) is 21.9 Å². The minimum atomic E-state index is -0.186. The molecule has 6 heteroatoms. The average Bonchev–Trinajstić information content (AvgIpc) is 2.95. The molecule has 0 saturated carbocycles. The van der Waals surface area contributed by atoms with Crippen LogP contribution in [0.5, 0.6) is 5.75 Å². The molecule has 1 amide bonds. The number of nitrogens with one attached hydrogen (secondary N) is 1. The molecule has 2 heterocycles. The largest absolute Gasteiger partial charge is 0.483 e. The molecule has 118 valence electrons. The number of hydrogen-bond acceptors (Lipinski definition) is 3. The van der Waals surface area contributed by atoms with Crippen LogP contribution in [-0.2, 0) is 11.3 Å². The van der Waals surface area contributed by atoms with Gasteiger partial charge in [-0.15, -0.1) is 0 Å². The number of hydrogen-bond donors (Lipinski definition) is 1. The number of nitrogens with zero attached hydrogens (tertiary/aromatic N) is 2. The summed E-state index contributed by atoms with van der Waals surface area (Å²) in [6.45, 7) is 2.34. The quantitative estimate of drug-likeness (QED) is 0.747. The fraction of sp³-hybridized carbons (Fsp3) is 0.176. The summed E-state index contributed by atoms with van der Waals surface area (Å²) >= 11 is 3.42. The van der Waals surface area contributed by atoms with Crippen molar-refractivity contribution in [1.82, 2.24) is 14.7 Å². The van der Waals surface area contributed by atoms with Crippen LogP contribution < -0.4 is 10.1 Å². The number of ether oxygens (including phenoxy) is 1. The highest BCUT2D eigenvalue weighted by Crippen LogP contribution is 2.25. The van der Waals surface area contributed by atoms with Gasteiger partial charge in [-0.3, -0.25) is 4.79 Å². The molecule has 0 aliphatic rings. The Balaban J connectivity index is 1.53. The highest BCUT2D eigenvalue weighted by atomic mass is 79.9. The van der Waals surface area contributed by atoms with Gasteiger partial charge >= 0.3 is 0 Å². The number of amides is 1. The summed E-state index contributed by atoms with van der Waals surface area (Å²) in [5.74, 6) is 0.466. The zero-order valence-electron chi connectivity index (χ0n) is 12.6. The van der Waals surface area contributed by atoms with Gasteiger partial charge in [0.1, 0.15) is 11.4 Å². The van der Waals surface area contributed by atoms with E-state index in [9.17, 15) is 4.79 Å². The van der Waals surface area contributed by atoms with Crippen molar-refractivity contribution in [2.75, 3.05) is 6.61 Å². The molecule has 23 heavy (non-hydrogen) atoms. The van der Waals surface area contributed by atoms with Gasteiger partial charge in [0.25, 0.3) is 5.91 Å². The summed E-state index contributed by atoms with van der Waals surface area (Å²) in [5, 5.41) is 2.81. The van der Waals surface area contributed by atoms with E-state index < -0.39 is 0 Å². The predicted molar refractivity (Wildman–Crippen MR) is 91.4 cm³/mol. The summed E-state index contributed by atoms with van der Waals surface area (Å²) in [6, 6.07) is 11.5. The third kappa shape index (κ3) is 3.90. The lowest BCUT2D eigenvalue weighted by molar-refractivity contribution is -0.123. The van der Waals surface area contributed by atoms with E-state index in [-0.39, 0.29) is 12.5 Å². The molecule has 1 N–H and O–H groups in total. The van der Waals surface area contributed by atoms with E-state index in [0.717, 1.165) is 21.4 Å². The van der Waals surface area contributed by atoms with Gasteiger partial charge in [-0.2, -0.15) is 0 Å². The smallest absolute Gasteiger partial charge is 0.258 e. The van der Waals surface area contributed by atoms with Crippen molar-refractivity contribution in [3.8, 4) is 5.75 Å². The number of carbonyl (C=O) groups is 1. The minimum absolute atomic E-state index is 0.0327. The number of rotatable bonds is 5. The number of benzene rings is 1. The van der Waals surface area contributed by atoms with E-state index in [1.807, 2.05) is 60.1 Å². The van der Waals surface area contributed by atoms with Gasteiger partial charge in [-0.1, -0.05) is 12.1 Å². The van der Waals surface area contributed by atoms with Gasteiger partial charge in [0, 0.05) is 12.4 Å². The first kappa shape index (κ1) is 15.6. The van der Waals surface area contributed by atoms with Crippen molar-refractivity contribution in [2.45, 2.75) is 13.5 Å². The van der Waals surface area contributed by atoms with Crippen molar-refractivity contribution in [1.29, 1.82) is 0 Å². The Hall–Kier alpha value is -2.34. The third-order valence-electron chi connectivity index (χ3n) is 3.33. The lowest BCUT2D eigenvalue weighted by atomic mass is 10.2. The number of pyridine rings is 1. The maximum absolute atomic E-state index is 11.9. The molecule has 0 aliphatic carbocycles. The molecule has 0 bridgehead atoms. The zero-order valence-corrected chi connectivity index (χ0v) is 14.2. The molecule has 3 aromatic rings. The van der Waals surface area contributed by atoms with E-state index in [1.165, 1.54) is 0 Å². The van der Waals surface area contributed by atoms with Crippen LogP contribution in [0.1, 0.15) is 11.3 Å². The molecule has 0 spiro atoms. The van der Waals surface area contributed by atoms with Gasteiger partial charge in [0.05, 0.1) is 16.7 Å². The molecule has 0 radical (unpaired) electrons. The molecule has 2 aromatic heterocycles. The highest BCUT2D eigenvalue weighted by Gasteiger charge is 2.07. The number of halogens is 1. The summed E-state index contributed by atoms with van der Waals surface area (Å²) < 4.78 is 8.27. The monoisotopic (exact) mass is 373 g/mol. The first-order valence-corrected chi connectivity index (χ1v) is 7.99. The van der Waals surface area contributed by atoms with Gasteiger partial charge < -0.3 is 14.5 Å². The topological polar surface area (TPSA) is 55.6 Å². The summed E-state index contributed by atoms with van der Waals surface area (Å²) in [4.78, 5) is 16.3. The number of aromatic nitrogens is 2. The van der Waals surface area contributed by atoms with E-state index in [0.29, 0.717) is 12.3 Å². The summed E-state index contributed by atoms with van der Waals surface area (Å²) in [6.07, 6.45) is 3.82. The Morgan fingerprint density at radius 3 is 3.00 bits per heavy atom. The molecule has 0 unspecified atom stereocenters. The Kier molecular flexibility index (Phi) is 4.62. The van der Waals surface area contributed by atoms with E-state index in [1.54, 1.807) is 0 Å². The molecule has 0 atom stereocenters. The number of aryl methyl sites for hydroxylation is 1. The van der Waals surface area contributed by atoms with Crippen molar-refractivity contribution in [3.05, 3.63) is 64.5 Å². The molecule has 0 saturated heterocycles. The van der Waals surface area contributed by atoms with Crippen LogP contribution >= 0.6 is 15.9 Å². The Morgan fingerprint density at radius 1 is 1.35 bits per heavy atom. The average molecular weight is 374 g/mol. The van der Waals surface area contributed by atoms with Crippen molar-refractivity contribution in [3.63, 3.8) is 0 Å². The van der Waals surface area contributed by atoms with Crippen LogP contribution in [0, 0.1) is 6.92 Å². The van der Waals surface area contributed by atoms with E-state index in [2.05, 4.69) is 26.2 Å². The number of fused-ring (bicyclic) bond motifs is 1. The van der Waals surface area contributed by atoms with Gasteiger partial charge in [-0.05, 0) is 52.7 Å². The lowest BCUT2D eigenvalue weighted by Crippen LogP contribution is -2.28. The maximum atomic E-state index is 11.9. The van der Waals surface area contributed by atoms with Crippen molar-refractivity contribution >= 4 is 27.5 Å². The highest BCUT2D eigenvalue weighted by molar-refractivity contribution is 9.10. The SMILES string of the molecule is Cc1ccc(OCC(=O)NCc2cn3ccccc3n2)c(Br)c1. The second-order valence-corrected chi connectivity index (χ2v) is 6.05. The van der Waals surface area contributed by atoms with Crippen LogP contribution in [0.25, 0.3) is 5.65 Å². The molecule has 0 fully saturated rings. The van der Waals surface area contributed by atoms with Crippen molar-refractivity contribution in [2.24, 2.45) is 0 Å². The maximum Gasteiger partial charge on any atom is 0.258 e. The third-order valence-corrected chi connectivity index (χ3v) is 3.95. The first-order valence-electron chi connectivity index (χ1n) is 7.20. The molecule has 3 rings (SSSR count). The molecule has 1 aromatic carbocycles. The second-order valence-electron chi connectivity index (χ2n) is 5.20. The minimum Gasteiger partial charge on any atom is -0.483 e. The summed E-state index contributed by atoms with van der Waals surface area (Å²) in [7, 11) is 0. The predicted octanol–water partition coefficient (Wildman–Crippen LogP) is 3.10. The fourth-order valence-electron chi connectivity index (χ4n) is 2.18. The summed E-state index contributed by atoms with van der Waals surface area (Å²) in [5.41, 5.74) is 2.79. The van der Waals surface area contributed by atoms with Gasteiger partial charge in [0.15, 0.2) is 6.61 Å². The van der Waals surface area contributed by atoms with Crippen LogP contribution in [0.3, 0.4) is 0 Å². The van der Waals surface area contributed by atoms with Crippen LogP contribution in [0.2, 0.25) is 0 Å². The van der Waals surface area contributed by atoms with Crippen molar-refractivity contribution < 1.29 is 9.53 Å². The Bertz CT molecular complexity index is 812. The zero-order chi connectivity index (χ0) is 16.2. The number of imidazole rings is 1. The van der Waals surface area contributed by atoms with E-state index in [4.69, 9.17) is 4.74 Å².